The monoisotopic (exact) mass is 1030 g/mol. The summed E-state index contributed by atoms with van der Waals surface area (Å²) in [7, 11) is -3.99. The summed E-state index contributed by atoms with van der Waals surface area (Å²) in [5.41, 5.74) is 2.25. The Morgan fingerprint density at radius 2 is 1.30 bits per heavy atom. The van der Waals surface area contributed by atoms with Crippen molar-refractivity contribution in [1.29, 1.82) is 0 Å². The molecule has 10 rings (SSSR count). The van der Waals surface area contributed by atoms with Crippen molar-refractivity contribution in [3.8, 4) is 0 Å². The third kappa shape index (κ3) is 10.4. The van der Waals surface area contributed by atoms with Gasteiger partial charge in [0.2, 0.25) is 0 Å². The number of carbonyl (C=O) groups excluding carboxylic acids is 2. The predicted octanol–water partition coefficient (Wildman–Crippen LogP) is 6.14. The van der Waals surface area contributed by atoms with Gasteiger partial charge < -0.3 is 29.2 Å². The van der Waals surface area contributed by atoms with Crippen LogP contribution in [0.4, 0.5) is 32.9 Å². The minimum Gasteiger partial charge on any atom is -0.463 e. The lowest BCUT2D eigenvalue weighted by molar-refractivity contribution is -0.166. The lowest BCUT2D eigenvalue weighted by atomic mass is 10.0. The van der Waals surface area contributed by atoms with Crippen molar-refractivity contribution in [2.75, 3.05) is 57.8 Å². The van der Waals surface area contributed by atoms with Gasteiger partial charge in [0.05, 0.1) is 72.4 Å². The maximum atomic E-state index is 13.5. The number of aromatic nitrogens is 6. The zero-order valence-corrected chi connectivity index (χ0v) is 39.9. The van der Waals surface area contributed by atoms with Crippen LogP contribution in [0.2, 0.25) is 0 Å². The number of rotatable bonds is 10. The topological polar surface area (TPSA) is 182 Å². The van der Waals surface area contributed by atoms with Gasteiger partial charge in [-0.15, -0.1) is 12.4 Å². The zero-order valence-electron chi connectivity index (χ0n) is 37.4. The first-order valence-corrected chi connectivity index (χ1v) is 24.2. The van der Waals surface area contributed by atoms with E-state index in [2.05, 4.69) is 35.5 Å². The van der Waals surface area contributed by atoms with Gasteiger partial charge in [-0.1, -0.05) is 35.6 Å². The number of hydrogen-bond donors (Lipinski definition) is 2. The molecular formula is C45H47ClF5N11O6S2. The van der Waals surface area contributed by atoms with E-state index in [0.717, 1.165) is 59.9 Å². The van der Waals surface area contributed by atoms with E-state index in [0.29, 0.717) is 18.5 Å². The molecule has 0 amide bonds. The van der Waals surface area contributed by atoms with E-state index < -0.39 is 45.9 Å². The zero-order chi connectivity index (χ0) is 48.6. The van der Waals surface area contributed by atoms with Crippen LogP contribution in [0, 0.1) is 11.6 Å². The van der Waals surface area contributed by atoms with E-state index in [9.17, 15) is 40.0 Å². The predicted molar refractivity (Wildman–Crippen MR) is 247 cm³/mol. The summed E-state index contributed by atoms with van der Waals surface area (Å²) in [5.74, 6) is -1.25. The van der Waals surface area contributed by atoms with Crippen LogP contribution in [0.3, 0.4) is 0 Å². The molecule has 4 aromatic heterocycles. The van der Waals surface area contributed by atoms with Crippen molar-refractivity contribution in [3.63, 3.8) is 0 Å². The van der Waals surface area contributed by atoms with Gasteiger partial charge in [0.15, 0.2) is 21.4 Å². The number of nitrogens with zero attached hydrogens (tertiary/aromatic N) is 9. The molecule has 0 aliphatic carbocycles. The quantitative estimate of drug-likeness (QED) is 0.118. The minimum absolute atomic E-state index is 0. The fraction of sp³-hybridized carbons (Fsp3) is 0.378. The highest BCUT2D eigenvalue weighted by Crippen LogP contribution is 2.37. The molecule has 8 heterocycles. The van der Waals surface area contributed by atoms with Crippen LogP contribution < -0.4 is 10.6 Å². The van der Waals surface area contributed by atoms with Crippen molar-refractivity contribution in [2.24, 2.45) is 0 Å². The van der Waals surface area contributed by atoms with Gasteiger partial charge >= 0.3 is 18.1 Å². The van der Waals surface area contributed by atoms with Gasteiger partial charge in [-0.25, -0.2) is 46.7 Å². The average Bonchev–Trinajstić information content (AvgIpc) is 4.14. The van der Waals surface area contributed by atoms with Crippen LogP contribution in [-0.4, -0.2) is 128 Å². The molecule has 0 saturated carbocycles. The Balaban J connectivity index is 0.000000214. The summed E-state index contributed by atoms with van der Waals surface area (Å²) in [5, 5.41) is 6.22. The molecule has 4 saturated heterocycles. The fourth-order valence-electron chi connectivity index (χ4n) is 9.00. The molecule has 0 radical (unpaired) electrons. The normalized spacial score (nSPS) is 22.0. The number of nitrogens with one attached hydrogen (secondary N) is 2. The molecule has 2 aromatic carbocycles. The molecule has 372 valence electrons. The Morgan fingerprint density at radius 3 is 1.84 bits per heavy atom. The Morgan fingerprint density at radius 1 is 0.743 bits per heavy atom. The van der Waals surface area contributed by atoms with Crippen LogP contribution in [0.1, 0.15) is 66.1 Å². The Labute approximate surface area is 409 Å². The van der Waals surface area contributed by atoms with Crippen molar-refractivity contribution in [2.45, 2.75) is 60.5 Å². The molecule has 6 atom stereocenters. The standard InChI is InChI=1S/C27H25F4N7O4S2.C18H21FN4O2.ClH/c1-16(17-2-5-19(28)6-3-17)38-15-32-11-21(38)24-25(39)42-14-20-13-36(8-9-37(20)24)44(40,41)23-12-34-26(43-23)35-22-7-4-18(10-33-22)27(29,30)31;1-12(13-2-4-14(19)5-3-13)23-11-21-9-16(23)17-18(24)25-10-15-8-20-6-7-22(15)17;/h2-7,10-12,15-16,20,24H,8-9,13-14H2,1H3,(H,33,34,35);2-5,9,11-12,15,17,20H,6-8,10H2,1H3;1H/t16-,20?,24?;12-,15?,17?;/m11./s1. The highest BCUT2D eigenvalue weighted by Gasteiger charge is 2.46. The van der Waals surface area contributed by atoms with Gasteiger partial charge in [-0.3, -0.25) is 9.80 Å². The lowest BCUT2D eigenvalue weighted by Gasteiger charge is -2.46. The van der Waals surface area contributed by atoms with E-state index in [1.54, 1.807) is 49.3 Å². The minimum atomic E-state index is -4.53. The number of ether oxygens (including phenoxy) is 2. The lowest BCUT2D eigenvalue weighted by Crippen LogP contribution is -2.61. The number of sulfonamides is 1. The fourth-order valence-corrected chi connectivity index (χ4v) is 11.7. The molecule has 25 heteroatoms. The number of piperazine rings is 2. The number of carbonyl (C=O) groups is 2. The number of benzene rings is 2. The smallest absolute Gasteiger partial charge is 0.417 e. The second-order valence-electron chi connectivity index (χ2n) is 16.9. The number of hydrogen-bond acceptors (Lipinski definition) is 15. The summed E-state index contributed by atoms with van der Waals surface area (Å²) in [6, 6.07) is 12.6. The third-order valence-corrected chi connectivity index (χ3v) is 15.9. The molecule has 0 bridgehead atoms. The summed E-state index contributed by atoms with van der Waals surface area (Å²) in [6.45, 7) is 7.16. The largest absolute Gasteiger partial charge is 0.463 e. The molecule has 2 N–H and O–H groups in total. The van der Waals surface area contributed by atoms with Crippen molar-refractivity contribution in [1.82, 2.24) is 48.5 Å². The maximum Gasteiger partial charge on any atom is 0.417 e. The number of alkyl halides is 3. The average molecular weight is 1030 g/mol. The van der Waals surface area contributed by atoms with Crippen molar-refractivity contribution in [3.05, 3.63) is 138 Å². The van der Waals surface area contributed by atoms with E-state index in [1.807, 2.05) is 27.9 Å². The number of halogens is 6. The number of cyclic esters (lactones) is 2. The summed E-state index contributed by atoms with van der Waals surface area (Å²) in [4.78, 5) is 46.0. The van der Waals surface area contributed by atoms with E-state index in [1.165, 1.54) is 34.8 Å². The van der Waals surface area contributed by atoms with E-state index >= 15 is 0 Å². The number of anilines is 2. The highest BCUT2D eigenvalue weighted by molar-refractivity contribution is 7.91. The first-order valence-electron chi connectivity index (χ1n) is 21.9. The van der Waals surface area contributed by atoms with E-state index in [4.69, 9.17) is 9.47 Å². The second-order valence-corrected chi connectivity index (χ2v) is 20.1. The van der Waals surface area contributed by atoms with Crippen LogP contribution in [0.5, 0.6) is 0 Å². The first kappa shape index (κ1) is 50.5. The molecule has 4 aliphatic heterocycles. The summed E-state index contributed by atoms with van der Waals surface area (Å²) < 4.78 is 108. The highest BCUT2D eigenvalue weighted by atomic mass is 35.5. The molecule has 0 spiro atoms. The maximum absolute atomic E-state index is 13.5. The molecular weight excluding hydrogens is 985 g/mol. The molecule has 4 aliphatic rings. The molecule has 4 unspecified atom stereocenters. The van der Waals surface area contributed by atoms with E-state index in [-0.39, 0.29) is 89.5 Å². The number of fused-ring (bicyclic) bond motifs is 2. The number of esters is 2. The molecule has 6 aromatic rings. The van der Waals surface area contributed by atoms with Crippen molar-refractivity contribution < 1.29 is 49.4 Å². The summed E-state index contributed by atoms with van der Waals surface area (Å²) >= 11 is 0.822. The van der Waals surface area contributed by atoms with Gasteiger partial charge in [0.25, 0.3) is 10.0 Å². The number of thiazole rings is 1. The SMILES string of the molecule is C[C@H](c1ccc(F)cc1)n1cncc1C1C(=O)OCC2CN(S(=O)(=O)c3cnc(Nc4ccc(C(F)(F)F)cn4)s3)CCN21.C[C@H](c1ccc(F)cc1)n1cncc1C1C(=O)OCC2CNCCN21.Cl. The van der Waals surface area contributed by atoms with Gasteiger partial charge in [0, 0.05) is 45.5 Å². The van der Waals surface area contributed by atoms with Crippen LogP contribution in [0.25, 0.3) is 0 Å². The Kier molecular flexibility index (Phi) is 15.0. The number of imidazole rings is 2. The Hall–Kier alpha value is -5.89. The Bertz CT molecular complexity index is 2890. The first-order chi connectivity index (χ1) is 33.1. The van der Waals surface area contributed by atoms with Crippen LogP contribution in [0.15, 0.2) is 102 Å². The van der Waals surface area contributed by atoms with Gasteiger partial charge in [0.1, 0.15) is 30.7 Å². The van der Waals surface area contributed by atoms with Crippen molar-refractivity contribution >= 4 is 56.7 Å². The molecule has 4 fully saturated rings. The van der Waals surface area contributed by atoms with Crippen LogP contribution in [-0.2, 0) is 35.3 Å². The summed E-state index contributed by atoms with van der Waals surface area (Å²) in [6.07, 6.45) is 3.95. The van der Waals surface area contributed by atoms with Gasteiger partial charge in [-0.05, 0) is 61.4 Å². The molecule has 17 nitrogen and oxygen atoms in total. The molecule has 70 heavy (non-hydrogen) atoms. The number of pyridine rings is 1. The van der Waals surface area contributed by atoms with Crippen LogP contribution >= 0.6 is 23.7 Å². The third-order valence-electron chi connectivity index (χ3n) is 12.7. The number of morpholine rings is 2. The van der Waals surface area contributed by atoms with Gasteiger partial charge in [-0.2, -0.15) is 17.5 Å². The second kappa shape index (κ2) is 20.8.